The molecule has 2 aliphatic rings. The van der Waals surface area contributed by atoms with Crippen LogP contribution in [-0.2, 0) is 13.0 Å². The first-order valence-electron chi connectivity index (χ1n) is 13.8. The van der Waals surface area contributed by atoms with Crippen molar-refractivity contribution in [2.45, 2.75) is 25.5 Å². The topological polar surface area (TPSA) is 52.8 Å². The Morgan fingerprint density at radius 1 is 0.976 bits per heavy atom. The molecular formula is C35H27ClN2O3S. The highest BCUT2D eigenvalue weighted by atomic mass is 35.5. The molecule has 7 heteroatoms. The van der Waals surface area contributed by atoms with Gasteiger partial charge >= 0.3 is 0 Å². The highest BCUT2D eigenvalue weighted by Gasteiger charge is 2.33. The standard InChI is InChI=1S/C35H27ClN2O3S/c1-40-30-16-7-5-14-27(30)33-28-18-17-23-10-2-4-13-26(23)32(28)37-35-38(33)34(39)31(42-35)20-22-9-8-12-25(19-22)41-21-24-11-3-6-15-29(24)36/h2-16,19-20,33H,17-18,21H2,1H3/b31-20+. The van der Waals surface area contributed by atoms with E-state index >= 15 is 0 Å². The number of hydrogen-bond acceptors (Lipinski definition) is 5. The van der Waals surface area contributed by atoms with Gasteiger partial charge in [0.25, 0.3) is 5.56 Å². The molecule has 1 aliphatic carbocycles. The lowest BCUT2D eigenvalue weighted by Crippen LogP contribution is -2.39. The van der Waals surface area contributed by atoms with Crippen molar-refractivity contribution in [1.82, 2.24) is 4.57 Å². The van der Waals surface area contributed by atoms with E-state index in [0.717, 1.165) is 52.1 Å². The fraction of sp³-hybridized carbons (Fsp3) is 0.143. The van der Waals surface area contributed by atoms with E-state index in [4.69, 9.17) is 26.1 Å². The normalized spacial score (nSPS) is 15.9. The highest BCUT2D eigenvalue weighted by Crippen LogP contribution is 2.43. The maximum atomic E-state index is 14.1. The first-order chi connectivity index (χ1) is 20.6. The Bertz CT molecular complexity index is 2040. The number of fused-ring (bicyclic) bond motifs is 3. The smallest absolute Gasteiger partial charge is 0.271 e. The van der Waals surface area contributed by atoms with Gasteiger partial charge in [-0.2, -0.15) is 0 Å². The number of rotatable bonds is 6. The van der Waals surface area contributed by atoms with Crippen molar-refractivity contribution in [3.63, 3.8) is 0 Å². The summed E-state index contributed by atoms with van der Waals surface area (Å²) in [5.74, 6) is 1.46. The van der Waals surface area contributed by atoms with Crippen molar-refractivity contribution in [3.8, 4) is 11.5 Å². The number of allylic oxidation sites excluding steroid dienone is 1. The fourth-order valence-corrected chi connectivity index (χ4v) is 7.00. The number of para-hydroxylation sites is 1. The van der Waals surface area contributed by atoms with Crippen LogP contribution in [0, 0.1) is 0 Å². The molecule has 5 aromatic rings. The Kier molecular flexibility index (Phi) is 7.02. The zero-order chi connectivity index (χ0) is 28.6. The van der Waals surface area contributed by atoms with E-state index < -0.39 is 0 Å². The lowest BCUT2D eigenvalue weighted by molar-refractivity contribution is 0.306. The van der Waals surface area contributed by atoms with Crippen LogP contribution in [0.15, 0.2) is 112 Å². The van der Waals surface area contributed by atoms with Crippen LogP contribution in [0.2, 0.25) is 5.02 Å². The summed E-state index contributed by atoms with van der Waals surface area (Å²) in [6, 6.07) is 31.5. The Morgan fingerprint density at radius 2 is 1.79 bits per heavy atom. The Morgan fingerprint density at radius 3 is 2.67 bits per heavy atom. The van der Waals surface area contributed by atoms with Crippen molar-refractivity contribution >= 4 is 34.7 Å². The molecule has 4 aromatic carbocycles. The van der Waals surface area contributed by atoms with Crippen LogP contribution < -0.4 is 24.4 Å². The highest BCUT2D eigenvalue weighted by molar-refractivity contribution is 7.07. The number of benzene rings is 4. The molecule has 42 heavy (non-hydrogen) atoms. The summed E-state index contributed by atoms with van der Waals surface area (Å²) >= 11 is 7.71. The third kappa shape index (κ3) is 4.77. The van der Waals surface area contributed by atoms with Crippen molar-refractivity contribution in [3.05, 3.63) is 155 Å². The average molecular weight is 591 g/mol. The molecule has 1 aliphatic heterocycles. The number of aromatic nitrogens is 1. The second-order valence-electron chi connectivity index (χ2n) is 10.3. The van der Waals surface area contributed by atoms with Crippen molar-refractivity contribution in [2.24, 2.45) is 4.99 Å². The summed E-state index contributed by atoms with van der Waals surface area (Å²) in [6.45, 7) is 0.358. The van der Waals surface area contributed by atoms with Gasteiger partial charge in [-0.15, -0.1) is 0 Å². The Balaban J connectivity index is 1.34. The van der Waals surface area contributed by atoms with Crippen LogP contribution in [-0.4, -0.2) is 11.7 Å². The molecule has 1 unspecified atom stereocenters. The summed E-state index contributed by atoms with van der Waals surface area (Å²) in [5.41, 5.74) is 7.22. The molecule has 7 rings (SSSR count). The lowest BCUT2D eigenvalue weighted by Gasteiger charge is -2.31. The van der Waals surface area contributed by atoms with Crippen LogP contribution in [0.1, 0.15) is 40.3 Å². The quantitative estimate of drug-likeness (QED) is 0.225. The first-order valence-corrected chi connectivity index (χ1v) is 15.0. The van der Waals surface area contributed by atoms with Gasteiger partial charge in [-0.3, -0.25) is 9.36 Å². The van der Waals surface area contributed by atoms with E-state index in [2.05, 4.69) is 30.3 Å². The van der Waals surface area contributed by atoms with Gasteiger partial charge in [0.15, 0.2) is 4.80 Å². The Hall–Kier alpha value is -4.39. The molecule has 0 spiro atoms. The summed E-state index contributed by atoms with van der Waals surface area (Å²) < 4.78 is 14.3. The van der Waals surface area contributed by atoms with Crippen LogP contribution >= 0.6 is 22.9 Å². The minimum absolute atomic E-state index is 0.0672. The predicted octanol–water partition coefficient (Wildman–Crippen LogP) is 6.56. The maximum Gasteiger partial charge on any atom is 0.271 e. The van der Waals surface area contributed by atoms with Gasteiger partial charge in [0.2, 0.25) is 0 Å². The lowest BCUT2D eigenvalue weighted by atomic mass is 9.83. The van der Waals surface area contributed by atoms with E-state index in [1.807, 2.05) is 77.4 Å². The third-order valence-electron chi connectivity index (χ3n) is 7.81. The van der Waals surface area contributed by atoms with E-state index in [-0.39, 0.29) is 11.6 Å². The molecule has 0 N–H and O–H groups in total. The third-order valence-corrected chi connectivity index (χ3v) is 9.17. The van der Waals surface area contributed by atoms with Crippen molar-refractivity contribution in [1.29, 1.82) is 0 Å². The van der Waals surface area contributed by atoms with Gasteiger partial charge in [-0.25, -0.2) is 4.99 Å². The molecule has 0 saturated carbocycles. The number of methoxy groups -OCH3 is 1. The molecule has 0 radical (unpaired) electrons. The van der Waals surface area contributed by atoms with Crippen LogP contribution in [0.5, 0.6) is 11.5 Å². The fourth-order valence-electron chi connectivity index (χ4n) is 5.81. The summed E-state index contributed by atoms with van der Waals surface area (Å²) in [7, 11) is 1.68. The molecule has 0 saturated heterocycles. The summed E-state index contributed by atoms with van der Waals surface area (Å²) in [5, 5.41) is 0.671. The van der Waals surface area contributed by atoms with E-state index in [1.54, 1.807) is 7.11 Å². The van der Waals surface area contributed by atoms with Gasteiger partial charge in [-0.05, 0) is 59.9 Å². The van der Waals surface area contributed by atoms with Crippen LogP contribution in [0.4, 0.5) is 0 Å². The predicted molar refractivity (Wildman–Crippen MR) is 168 cm³/mol. The van der Waals surface area contributed by atoms with Crippen molar-refractivity contribution in [2.75, 3.05) is 7.11 Å². The largest absolute Gasteiger partial charge is 0.496 e. The van der Waals surface area contributed by atoms with Gasteiger partial charge in [-0.1, -0.05) is 95.7 Å². The minimum Gasteiger partial charge on any atom is -0.496 e. The molecule has 5 nitrogen and oxygen atoms in total. The van der Waals surface area contributed by atoms with Crippen LogP contribution in [0.25, 0.3) is 11.8 Å². The molecule has 2 heterocycles. The molecular weight excluding hydrogens is 564 g/mol. The van der Waals surface area contributed by atoms with Gasteiger partial charge in [0.05, 0.1) is 23.4 Å². The zero-order valence-electron chi connectivity index (χ0n) is 22.9. The monoisotopic (exact) mass is 590 g/mol. The Labute approximate surface area is 252 Å². The minimum atomic E-state index is -0.298. The number of aryl methyl sites for hydroxylation is 1. The molecule has 0 amide bonds. The molecule has 1 aromatic heterocycles. The molecule has 0 fully saturated rings. The van der Waals surface area contributed by atoms with E-state index in [1.165, 1.54) is 16.9 Å². The molecule has 1 atom stereocenters. The molecule has 208 valence electrons. The first kappa shape index (κ1) is 26.5. The summed E-state index contributed by atoms with van der Waals surface area (Å²) in [4.78, 5) is 19.9. The molecule has 0 bridgehead atoms. The number of nitrogens with zero attached hydrogens (tertiary/aromatic N) is 2. The SMILES string of the molecule is COc1ccccc1C1C2=C(N=c3s/c(=C/c4cccc(OCc5ccccc5Cl)c4)c(=O)n31)c1ccccc1CC2. The van der Waals surface area contributed by atoms with Gasteiger partial charge in [0.1, 0.15) is 18.1 Å². The van der Waals surface area contributed by atoms with Gasteiger partial charge < -0.3 is 9.47 Å². The summed E-state index contributed by atoms with van der Waals surface area (Å²) in [6.07, 6.45) is 3.65. The average Bonchev–Trinajstić information content (AvgIpc) is 3.33. The van der Waals surface area contributed by atoms with Crippen molar-refractivity contribution < 1.29 is 9.47 Å². The van der Waals surface area contributed by atoms with Gasteiger partial charge in [0, 0.05) is 21.7 Å². The maximum absolute atomic E-state index is 14.1. The van der Waals surface area contributed by atoms with E-state index in [0.29, 0.717) is 26.7 Å². The number of thiazole rings is 1. The number of hydrogen-bond donors (Lipinski definition) is 0. The van der Waals surface area contributed by atoms with E-state index in [9.17, 15) is 4.79 Å². The zero-order valence-corrected chi connectivity index (χ0v) is 24.5. The van der Waals surface area contributed by atoms with Crippen LogP contribution in [0.3, 0.4) is 0 Å². The number of halogens is 1. The second-order valence-corrected chi connectivity index (χ2v) is 11.7. The second kappa shape index (κ2) is 11.1. The number of ether oxygens (including phenoxy) is 2.